The highest BCUT2D eigenvalue weighted by Gasteiger charge is 2.35. The van der Waals surface area contributed by atoms with Crippen LogP contribution in [0.15, 0.2) is 29.4 Å². The summed E-state index contributed by atoms with van der Waals surface area (Å²) in [5.41, 5.74) is 6.55. The Labute approximate surface area is 112 Å². The van der Waals surface area contributed by atoms with E-state index < -0.39 is 0 Å². The summed E-state index contributed by atoms with van der Waals surface area (Å²) in [7, 11) is 0. The van der Waals surface area contributed by atoms with Gasteiger partial charge in [0, 0.05) is 23.2 Å². The Kier molecular flexibility index (Phi) is 3.46. The molecule has 1 aliphatic heterocycles. The fourth-order valence-corrected chi connectivity index (χ4v) is 2.51. The molecule has 0 unspecified atom stereocenters. The first-order valence-electron chi connectivity index (χ1n) is 6.35. The third kappa shape index (κ3) is 2.54. The summed E-state index contributed by atoms with van der Waals surface area (Å²) < 4.78 is 0. The summed E-state index contributed by atoms with van der Waals surface area (Å²) in [4.78, 5) is 14.4. The molecule has 0 atom stereocenters. The van der Waals surface area contributed by atoms with Crippen LogP contribution >= 0.6 is 0 Å². The monoisotopic (exact) mass is 261 g/mol. The first-order chi connectivity index (χ1) is 8.95. The Morgan fingerprint density at radius 2 is 2.11 bits per heavy atom. The number of hydrogen-bond acceptors (Lipinski definition) is 3. The molecule has 1 aromatic carbocycles. The predicted molar refractivity (Wildman–Crippen MR) is 73.3 cm³/mol. The Morgan fingerprint density at radius 1 is 1.42 bits per heavy atom. The van der Waals surface area contributed by atoms with E-state index in [1.807, 2.05) is 4.90 Å². The van der Waals surface area contributed by atoms with Gasteiger partial charge in [0.05, 0.1) is 0 Å². The minimum absolute atomic E-state index is 0.00455. The highest BCUT2D eigenvalue weighted by Crippen LogP contribution is 2.29. The lowest BCUT2D eigenvalue weighted by Gasteiger charge is -2.31. The summed E-state index contributed by atoms with van der Waals surface area (Å²) in [6.07, 6.45) is 2.04. The highest BCUT2D eigenvalue weighted by molar-refractivity contribution is 6.01. The second kappa shape index (κ2) is 4.91. The van der Waals surface area contributed by atoms with Crippen LogP contribution in [0.25, 0.3) is 0 Å². The van der Waals surface area contributed by atoms with E-state index in [9.17, 15) is 4.79 Å². The number of nitrogens with two attached hydrogens (primary N) is 1. The number of rotatable bonds is 2. The summed E-state index contributed by atoms with van der Waals surface area (Å²) >= 11 is 0. The van der Waals surface area contributed by atoms with Gasteiger partial charge in [-0.1, -0.05) is 17.3 Å². The lowest BCUT2D eigenvalue weighted by atomic mass is 10.0. The van der Waals surface area contributed by atoms with Gasteiger partial charge in [-0.2, -0.15) is 0 Å². The van der Waals surface area contributed by atoms with Gasteiger partial charge in [-0.3, -0.25) is 4.79 Å². The second-order valence-electron chi connectivity index (χ2n) is 5.44. The fourth-order valence-electron chi connectivity index (χ4n) is 2.51. The quantitative estimate of drug-likeness (QED) is 0.369. The molecule has 0 aliphatic carbocycles. The number of amidine groups is 1. The van der Waals surface area contributed by atoms with Crippen molar-refractivity contribution in [3.8, 4) is 0 Å². The van der Waals surface area contributed by atoms with Crippen LogP contribution in [0.5, 0.6) is 0 Å². The molecule has 0 saturated carbocycles. The third-order valence-electron chi connectivity index (χ3n) is 3.66. The SMILES string of the molecule is CC1(C)CCCN1C(=O)c1cccc(C(N)=NO)c1. The van der Waals surface area contributed by atoms with Crippen molar-refractivity contribution in [1.29, 1.82) is 0 Å². The van der Waals surface area contributed by atoms with Crippen LogP contribution in [0.2, 0.25) is 0 Å². The molecule has 0 aromatic heterocycles. The van der Waals surface area contributed by atoms with Gasteiger partial charge in [-0.25, -0.2) is 0 Å². The number of amides is 1. The summed E-state index contributed by atoms with van der Waals surface area (Å²) in [5, 5.41) is 11.6. The molecule has 0 bridgehead atoms. The van der Waals surface area contributed by atoms with Crippen LogP contribution in [0.4, 0.5) is 0 Å². The van der Waals surface area contributed by atoms with Crippen LogP contribution in [0, 0.1) is 0 Å². The maximum Gasteiger partial charge on any atom is 0.254 e. The van der Waals surface area contributed by atoms with Crippen molar-refractivity contribution in [3.05, 3.63) is 35.4 Å². The van der Waals surface area contributed by atoms with Gasteiger partial charge < -0.3 is 15.8 Å². The molecule has 102 valence electrons. The largest absolute Gasteiger partial charge is 0.409 e. The zero-order valence-corrected chi connectivity index (χ0v) is 11.3. The second-order valence-corrected chi connectivity index (χ2v) is 5.44. The first-order valence-corrected chi connectivity index (χ1v) is 6.35. The van der Waals surface area contributed by atoms with Crippen molar-refractivity contribution < 1.29 is 10.0 Å². The van der Waals surface area contributed by atoms with Gasteiger partial charge in [-0.15, -0.1) is 0 Å². The zero-order chi connectivity index (χ0) is 14.0. The number of benzene rings is 1. The first kappa shape index (κ1) is 13.4. The lowest BCUT2D eigenvalue weighted by molar-refractivity contribution is 0.0652. The topological polar surface area (TPSA) is 78.9 Å². The Bertz CT molecular complexity index is 523. The number of carbonyl (C=O) groups is 1. The Hall–Kier alpha value is -2.04. The predicted octanol–water partition coefficient (Wildman–Crippen LogP) is 1.80. The molecular formula is C14H19N3O2. The Morgan fingerprint density at radius 3 is 2.68 bits per heavy atom. The minimum atomic E-state index is -0.107. The smallest absolute Gasteiger partial charge is 0.254 e. The number of hydrogen-bond donors (Lipinski definition) is 2. The highest BCUT2D eigenvalue weighted by atomic mass is 16.4. The molecule has 5 nitrogen and oxygen atoms in total. The number of carbonyl (C=O) groups excluding carboxylic acids is 1. The fraction of sp³-hybridized carbons (Fsp3) is 0.429. The van der Waals surface area contributed by atoms with E-state index in [1.165, 1.54) is 0 Å². The van der Waals surface area contributed by atoms with Crippen LogP contribution < -0.4 is 5.73 Å². The van der Waals surface area contributed by atoms with Crippen molar-refractivity contribution in [2.75, 3.05) is 6.54 Å². The molecule has 19 heavy (non-hydrogen) atoms. The van der Waals surface area contributed by atoms with Crippen molar-refractivity contribution in [1.82, 2.24) is 4.90 Å². The molecule has 1 aliphatic rings. The number of oxime groups is 1. The van der Waals surface area contributed by atoms with E-state index in [2.05, 4.69) is 19.0 Å². The van der Waals surface area contributed by atoms with Gasteiger partial charge in [0.2, 0.25) is 0 Å². The van der Waals surface area contributed by atoms with Crippen molar-refractivity contribution in [2.45, 2.75) is 32.2 Å². The van der Waals surface area contributed by atoms with Crippen LogP contribution in [0.1, 0.15) is 42.6 Å². The zero-order valence-electron chi connectivity index (χ0n) is 11.3. The van der Waals surface area contributed by atoms with Gasteiger partial charge in [0.1, 0.15) is 0 Å². The van der Waals surface area contributed by atoms with E-state index in [-0.39, 0.29) is 17.3 Å². The van der Waals surface area contributed by atoms with Gasteiger partial charge in [0.15, 0.2) is 5.84 Å². The molecule has 1 saturated heterocycles. The van der Waals surface area contributed by atoms with Crippen LogP contribution in [0.3, 0.4) is 0 Å². The maximum absolute atomic E-state index is 12.5. The molecular weight excluding hydrogens is 242 g/mol. The maximum atomic E-state index is 12.5. The van der Waals surface area contributed by atoms with Gasteiger partial charge in [0.25, 0.3) is 5.91 Å². The van der Waals surface area contributed by atoms with Crippen molar-refractivity contribution in [3.63, 3.8) is 0 Å². The normalized spacial score (nSPS) is 18.6. The molecule has 1 heterocycles. The van der Waals surface area contributed by atoms with Gasteiger partial charge in [-0.05, 0) is 38.8 Å². The molecule has 1 aromatic rings. The molecule has 5 heteroatoms. The number of nitrogens with zero attached hydrogens (tertiary/aromatic N) is 2. The Balaban J connectivity index is 2.30. The van der Waals surface area contributed by atoms with Gasteiger partial charge >= 0.3 is 0 Å². The molecule has 1 amide bonds. The van der Waals surface area contributed by atoms with Crippen molar-refractivity contribution >= 4 is 11.7 Å². The molecule has 2 rings (SSSR count). The van der Waals surface area contributed by atoms with E-state index in [0.29, 0.717) is 11.1 Å². The average molecular weight is 261 g/mol. The summed E-state index contributed by atoms with van der Waals surface area (Å²) in [6.45, 7) is 4.93. The molecule has 0 spiro atoms. The third-order valence-corrected chi connectivity index (χ3v) is 3.66. The van der Waals surface area contributed by atoms with Crippen LogP contribution in [-0.4, -0.2) is 33.9 Å². The summed E-state index contributed by atoms with van der Waals surface area (Å²) in [5.74, 6) is 0.00502. The molecule has 3 N–H and O–H groups in total. The standard InChI is InChI=1S/C14H19N3O2/c1-14(2)7-4-8-17(14)13(18)11-6-3-5-10(9-11)12(15)16-19/h3,5-6,9,19H,4,7-8H2,1-2H3,(H2,15,16). The lowest BCUT2D eigenvalue weighted by Crippen LogP contribution is -2.42. The van der Waals surface area contributed by atoms with E-state index in [4.69, 9.17) is 10.9 Å². The molecule has 0 radical (unpaired) electrons. The minimum Gasteiger partial charge on any atom is -0.409 e. The average Bonchev–Trinajstić information content (AvgIpc) is 2.76. The summed E-state index contributed by atoms with van der Waals surface area (Å²) in [6, 6.07) is 6.86. The van der Waals surface area contributed by atoms with E-state index in [0.717, 1.165) is 19.4 Å². The van der Waals surface area contributed by atoms with Crippen molar-refractivity contribution in [2.24, 2.45) is 10.9 Å². The van der Waals surface area contributed by atoms with E-state index >= 15 is 0 Å². The number of likely N-dealkylation sites (tertiary alicyclic amines) is 1. The van der Waals surface area contributed by atoms with Crippen LogP contribution in [-0.2, 0) is 0 Å². The van der Waals surface area contributed by atoms with E-state index in [1.54, 1.807) is 24.3 Å². The molecule has 1 fully saturated rings.